The van der Waals surface area contributed by atoms with Crippen molar-refractivity contribution in [3.05, 3.63) is 202 Å². The van der Waals surface area contributed by atoms with Crippen LogP contribution in [0.3, 0.4) is 0 Å². The molecule has 15 heteroatoms. The largest absolute Gasteiger partial charge is 0.390 e. The highest BCUT2D eigenvalue weighted by atomic mass is 28.4. The van der Waals surface area contributed by atoms with Gasteiger partial charge in [-0.05, 0) is 70.7 Å². The summed E-state index contributed by atoms with van der Waals surface area (Å²) in [6.07, 6.45) is -3.21. The molecule has 5 aromatic rings. The molecule has 5 aromatic carbocycles. The molecule has 0 spiro atoms. The quantitative estimate of drug-likeness (QED) is 0.0159. The Morgan fingerprint density at radius 3 is 1.54 bits per heavy atom. The van der Waals surface area contributed by atoms with E-state index in [0.717, 1.165) is 27.8 Å². The van der Waals surface area contributed by atoms with E-state index in [1.807, 2.05) is 171 Å². The average Bonchev–Trinajstić information content (AvgIpc) is 3.44. The minimum absolute atomic E-state index is 0.0993. The zero-order valence-electron chi connectivity index (χ0n) is 45.3. The Bertz CT molecular complexity index is 2490. The molecular formula is C61H79N3O11Si. The van der Waals surface area contributed by atoms with Crippen molar-refractivity contribution in [1.29, 1.82) is 0 Å². The third-order valence-electron chi connectivity index (χ3n) is 14.9. The summed E-state index contributed by atoms with van der Waals surface area (Å²) in [5.41, 5.74) is 14.9. The first-order valence-electron chi connectivity index (χ1n) is 26.7. The first kappa shape index (κ1) is 58.6. The van der Waals surface area contributed by atoms with E-state index in [9.17, 15) is 10.6 Å². The Balaban J connectivity index is 1.06. The van der Waals surface area contributed by atoms with Gasteiger partial charge in [-0.15, -0.1) is 0 Å². The lowest BCUT2D eigenvalue weighted by Gasteiger charge is -2.50. The van der Waals surface area contributed by atoms with E-state index < -0.39 is 69.7 Å². The zero-order chi connectivity index (χ0) is 53.8. The van der Waals surface area contributed by atoms with E-state index in [1.165, 1.54) is 0 Å². The summed E-state index contributed by atoms with van der Waals surface area (Å²) < 4.78 is 66.7. The molecule has 76 heavy (non-hydrogen) atoms. The highest BCUT2D eigenvalue weighted by Gasteiger charge is 2.53. The molecule has 7 rings (SSSR count). The Hall–Kier alpha value is -5.07. The smallest absolute Gasteiger partial charge is 0.196 e. The number of rotatable bonds is 29. The van der Waals surface area contributed by atoms with Gasteiger partial charge >= 0.3 is 0 Å². The highest BCUT2D eigenvalue weighted by Crippen LogP contribution is 2.46. The Morgan fingerprint density at radius 2 is 1.05 bits per heavy atom. The van der Waals surface area contributed by atoms with Crippen molar-refractivity contribution >= 4 is 8.32 Å². The fraction of sp³-hybridized carbons (Fsp3) is 0.475. The number of benzene rings is 5. The SMILES string of the molecule is CC(C)C(C)(C)[Si](C)(C)O[C@H]1O[C@@H](C)[C@H](OCc2ccccc2)[C@@H](OCc2ccccc2)[C@H]1OC/C=C/C[C@H](O)CO[C@@H]1O[C@H](COCc2ccccc2)[C@@H](OCc2ccccc2)[C@H](OCc2ccccc2)[C@@H]1N=[N+]=[N-]. The maximum Gasteiger partial charge on any atom is 0.196 e. The predicted octanol–water partition coefficient (Wildman–Crippen LogP) is 12.1. The summed E-state index contributed by atoms with van der Waals surface area (Å²) in [6, 6.07) is 48.6. The lowest BCUT2D eigenvalue weighted by atomic mass is 9.96. The number of hydrogen-bond donors (Lipinski definition) is 1. The molecule has 0 saturated carbocycles. The van der Waals surface area contributed by atoms with Crippen LogP contribution in [0.25, 0.3) is 10.4 Å². The number of hydrogen-bond acceptors (Lipinski definition) is 12. The van der Waals surface area contributed by atoms with Gasteiger partial charge in [0.05, 0.1) is 65.1 Å². The number of ether oxygens (including phenoxy) is 9. The van der Waals surface area contributed by atoms with E-state index in [1.54, 1.807) is 0 Å². The van der Waals surface area contributed by atoms with Crippen LogP contribution in [0.5, 0.6) is 0 Å². The summed E-state index contributed by atoms with van der Waals surface area (Å²) in [6.45, 7) is 17.1. The van der Waals surface area contributed by atoms with Gasteiger partial charge in [0.15, 0.2) is 20.9 Å². The van der Waals surface area contributed by atoms with Crippen molar-refractivity contribution in [2.24, 2.45) is 11.0 Å². The number of aliphatic hydroxyl groups is 1. The average molecular weight is 1060 g/mol. The first-order valence-corrected chi connectivity index (χ1v) is 29.6. The summed E-state index contributed by atoms with van der Waals surface area (Å²) in [4.78, 5) is 3.22. The van der Waals surface area contributed by atoms with Gasteiger partial charge in [-0.2, -0.15) is 0 Å². The first-order chi connectivity index (χ1) is 36.8. The van der Waals surface area contributed by atoms with E-state index in [4.69, 9.17) is 47.1 Å². The molecule has 0 unspecified atom stereocenters. The minimum Gasteiger partial charge on any atom is -0.390 e. The van der Waals surface area contributed by atoms with Crippen LogP contribution in [0, 0.1) is 5.92 Å². The van der Waals surface area contributed by atoms with Gasteiger partial charge in [0.1, 0.15) is 42.7 Å². The second kappa shape index (κ2) is 29.6. The maximum absolute atomic E-state index is 11.5. The molecule has 0 aromatic heterocycles. The molecule has 408 valence electrons. The zero-order valence-corrected chi connectivity index (χ0v) is 46.3. The van der Waals surface area contributed by atoms with Gasteiger partial charge in [-0.25, -0.2) is 0 Å². The molecule has 2 heterocycles. The standard InChI is InChI=1S/C61H79N3O11Si/c1-44(2)61(4,5)76(6,7)75-60-58(57(71-41-50-33-21-12-22-34-50)54(45(3)73-60)68-38-47-27-15-9-16-28-47)67-36-24-23-35-51(65)42-72-59-53(63-64-62)56(70-40-49-31-19-11-20-32-49)55(69-39-48-29-17-10-18-30-48)52(74-59)43-66-37-46-25-13-8-14-26-46/h8-34,44-45,51-60,65H,35-43H2,1-7H3/b24-23+/t45-,51-,52+,53-,54-,55+,56+,57+,58+,59+,60+/m0/s1. The lowest BCUT2D eigenvalue weighted by molar-refractivity contribution is -0.299. The molecule has 0 amide bonds. The van der Waals surface area contributed by atoms with Gasteiger partial charge in [0.25, 0.3) is 0 Å². The highest BCUT2D eigenvalue weighted by molar-refractivity contribution is 6.74. The summed E-state index contributed by atoms with van der Waals surface area (Å²) in [7, 11) is -2.46. The Labute approximate surface area is 451 Å². The van der Waals surface area contributed by atoms with Crippen LogP contribution in [-0.2, 0) is 80.1 Å². The van der Waals surface area contributed by atoms with E-state index in [0.29, 0.717) is 25.7 Å². The Kier molecular flexibility index (Phi) is 22.8. The van der Waals surface area contributed by atoms with E-state index >= 15 is 0 Å². The van der Waals surface area contributed by atoms with Crippen LogP contribution in [-0.4, -0.2) is 101 Å². The van der Waals surface area contributed by atoms with Crippen molar-refractivity contribution in [1.82, 2.24) is 0 Å². The van der Waals surface area contributed by atoms with Gasteiger partial charge in [0, 0.05) is 4.91 Å². The van der Waals surface area contributed by atoms with Crippen molar-refractivity contribution in [3.8, 4) is 0 Å². The summed E-state index contributed by atoms with van der Waals surface area (Å²) >= 11 is 0. The molecule has 0 bridgehead atoms. The van der Waals surface area contributed by atoms with Crippen LogP contribution in [0.4, 0.5) is 0 Å². The maximum atomic E-state index is 11.5. The molecule has 11 atom stereocenters. The molecule has 2 aliphatic heterocycles. The van der Waals surface area contributed by atoms with Crippen LogP contribution in [0.2, 0.25) is 18.1 Å². The van der Waals surface area contributed by atoms with Gasteiger partial charge in [0.2, 0.25) is 0 Å². The number of nitrogens with zero attached hydrogens (tertiary/aromatic N) is 3. The third-order valence-corrected chi connectivity index (χ3v) is 19.4. The summed E-state index contributed by atoms with van der Waals surface area (Å²) in [5, 5.41) is 15.6. The molecule has 14 nitrogen and oxygen atoms in total. The number of aliphatic hydroxyl groups excluding tert-OH is 1. The lowest BCUT2D eigenvalue weighted by Crippen LogP contribution is -2.62. The molecular weight excluding hydrogens is 979 g/mol. The van der Waals surface area contributed by atoms with Crippen molar-refractivity contribution in [2.45, 2.75) is 160 Å². The second-order valence-corrected chi connectivity index (χ2v) is 25.5. The molecule has 0 aliphatic carbocycles. The molecule has 2 fully saturated rings. The van der Waals surface area contributed by atoms with Crippen LogP contribution < -0.4 is 0 Å². The molecule has 0 radical (unpaired) electrons. The van der Waals surface area contributed by atoms with Crippen LogP contribution >= 0.6 is 0 Å². The molecule has 2 aliphatic rings. The van der Waals surface area contributed by atoms with Gasteiger partial charge in [-0.1, -0.05) is 197 Å². The topological polar surface area (TPSA) is 161 Å². The van der Waals surface area contributed by atoms with Gasteiger partial charge in [-0.3, -0.25) is 0 Å². The van der Waals surface area contributed by atoms with Crippen molar-refractivity contribution in [3.63, 3.8) is 0 Å². The normalized spacial score (nSPS) is 24.6. The number of azide groups is 1. The fourth-order valence-corrected chi connectivity index (χ4v) is 11.7. The van der Waals surface area contributed by atoms with Crippen molar-refractivity contribution in [2.75, 3.05) is 19.8 Å². The monoisotopic (exact) mass is 1060 g/mol. The van der Waals surface area contributed by atoms with Crippen LogP contribution in [0.1, 0.15) is 68.9 Å². The fourth-order valence-electron chi connectivity index (χ4n) is 9.24. The van der Waals surface area contributed by atoms with E-state index in [2.05, 4.69) is 50.8 Å². The van der Waals surface area contributed by atoms with E-state index in [-0.39, 0.29) is 50.6 Å². The second-order valence-electron chi connectivity index (χ2n) is 21.0. The predicted molar refractivity (Wildman–Crippen MR) is 295 cm³/mol. The molecule has 1 N–H and O–H groups in total. The van der Waals surface area contributed by atoms with Crippen LogP contribution in [0.15, 0.2) is 169 Å². The molecule has 2 saturated heterocycles. The third kappa shape index (κ3) is 17.0. The van der Waals surface area contributed by atoms with Crippen molar-refractivity contribution < 1.29 is 52.2 Å². The van der Waals surface area contributed by atoms with Gasteiger partial charge < -0.3 is 52.2 Å². The summed E-state index contributed by atoms with van der Waals surface area (Å²) in [5.74, 6) is 0.361. The Morgan fingerprint density at radius 1 is 0.592 bits per heavy atom. The minimum atomic E-state index is -2.46.